The first kappa shape index (κ1) is 32.9. The fourth-order valence-electron chi connectivity index (χ4n) is 1.79. The molecule has 0 fully saturated rings. The number of nitrogens with zero attached hydrogens (tertiary/aromatic N) is 3. The summed E-state index contributed by atoms with van der Waals surface area (Å²) in [5.74, 6) is -0.971. The van der Waals surface area contributed by atoms with Gasteiger partial charge in [0.1, 0.15) is 0 Å². The van der Waals surface area contributed by atoms with Crippen molar-refractivity contribution in [2.45, 2.75) is 81.6 Å². The van der Waals surface area contributed by atoms with Crippen molar-refractivity contribution in [2.24, 2.45) is 17.8 Å². The molecule has 0 aliphatic rings. The van der Waals surface area contributed by atoms with Gasteiger partial charge in [-0.3, -0.25) is 30.0 Å². The molecule has 3 amide bonds. The standard InChI is InChI=1S/C8H17NO2.C7H15NO2.C6H13NO2/c1-4-5-6-9(11)8(10)7(2)3;1-4-5-8(10)7(9)6(2)3;1-4-7(9)6(8)5(2)3/h7,11H,4-6H2,1-3H3;6,10H,4-5H2,1-3H3;5,9H,4H2,1-3H3. The normalized spacial score (nSPS) is 10.1. The molecule has 9 heteroatoms. The van der Waals surface area contributed by atoms with E-state index in [9.17, 15) is 14.4 Å². The van der Waals surface area contributed by atoms with Crippen LogP contribution in [-0.2, 0) is 14.4 Å². The van der Waals surface area contributed by atoms with Gasteiger partial charge < -0.3 is 0 Å². The number of carbonyl (C=O) groups is 3. The Bertz CT molecular complexity index is 470. The zero-order valence-electron chi connectivity index (χ0n) is 20.4. The molecule has 0 saturated heterocycles. The second-order valence-corrected chi connectivity index (χ2v) is 7.79. The van der Waals surface area contributed by atoms with Gasteiger partial charge in [-0.1, -0.05) is 61.8 Å². The second kappa shape index (κ2) is 19.3. The van der Waals surface area contributed by atoms with Gasteiger partial charge in [0.2, 0.25) is 17.7 Å². The first-order valence-electron chi connectivity index (χ1n) is 10.8. The molecule has 0 heterocycles. The number of hydroxylamine groups is 6. The average molecular weight is 436 g/mol. The van der Waals surface area contributed by atoms with Crippen molar-refractivity contribution >= 4 is 17.7 Å². The van der Waals surface area contributed by atoms with Crippen molar-refractivity contribution in [1.82, 2.24) is 15.2 Å². The first-order valence-corrected chi connectivity index (χ1v) is 10.8. The number of hydrogen-bond acceptors (Lipinski definition) is 6. The molecular formula is C21H45N3O6. The summed E-state index contributed by atoms with van der Waals surface area (Å²) >= 11 is 0. The predicted octanol–water partition coefficient (Wildman–Crippen LogP) is 3.81. The summed E-state index contributed by atoms with van der Waals surface area (Å²) < 4.78 is 0. The largest absolute Gasteiger partial charge is 0.286 e. The highest BCUT2D eigenvalue weighted by atomic mass is 16.5. The monoisotopic (exact) mass is 435 g/mol. The van der Waals surface area contributed by atoms with Crippen LogP contribution in [0.5, 0.6) is 0 Å². The number of carbonyl (C=O) groups excluding carboxylic acids is 3. The first-order chi connectivity index (χ1) is 13.8. The van der Waals surface area contributed by atoms with Crippen LogP contribution in [0.3, 0.4) is 0 Å². The summed E-state index contributed by atoms with van der Waals surface area (Å²) in [6, 6.07) is 0. The van der Waals surface area contributed by atoms with Gasteiger partial charge in [0.25, 0.3) is 0 Å². The molecule has 0 unspecified atom stereocenters. The van der Waals surface area contributed by atoms with Gasteiger partial charge in [-0.2, -0.15) is 0 Å². The highest BCUT2D eigenvalue weighted by Gasteiger charge is 2.14. The van der Waals surface area contributed by atoms with Crippen LogP contribution in [0.2, 0.25) is 0 Å². The van der Waals surface area contributed by atoms with Crippen LogP contribution in [0.25, 0.3) is 0 Å². The van der Waals surface area contributed by atoms with Crippen LogP contribution in [-0.4, -0.2) is 68.2 Å². The van der Waals surface area contributed by atoms with E-state index in [2.05, 4.69) is 0 Å². The Morgan fingerprint density at radius 1 is 0.600 bits per heavy atom. The third-order valence-electron chi connectivity index (χ3n) is 3.70. The van der Waals surface area contributed by atoms with Gasteiger partial charge in [0.15, 0.2) is 0 Å². The fraction of sp³-hybridized carbons (Fsp3) is 0.857. The Morgan fingerprint density at radius 2 is 0.933 bits per heavy atom. The maximum absolute atomic E-state index is 11.0. The Kier molecular flexibility index (Phi) is 21.2. The smallest absolute Gasteiger partial charge is 0.248 e. The Labute approximate surface area is 182 Å². The Balaban J connectivity index is -0.000000366. The lowest BCUT2D eigenvalue weighted by atomic mass is 10.2. The average Bonchev–Trinajstić information content (AvgIpc) is 2.70. The van der Waals surface area contributed by atoms with E-state index < -0.39 is 0 Å². The van der Waals surface area contributed by atoms with E-state index in [-0.39, 0.29) is 35.5 Å². The molecule has 180 valence electrons. The fourth-order valence-corrected chi connectivity index (χ4v) is 1.79. The lowest BCUT2D eigenvalue weighted by molar-refractivity contribution is -0.169. The molecule has 0 radical (unpaired) electrons. The van der Waals surface area contributed by atoms with Crippen LogP contribution in [0.15, 0.2) is 0 Å². The maximum Gasteiger partial charge on any atom is 0.248 e. The molecule has 0 aliphatic heterocycles. The molecule has 0 bridgehead atoms. The third kappa shape index (κ3) is 17.2. The van der Waals surface area contributed by atoms with Crippen LogP contribution in [0.4, 0.5) is 0 Å². The van der Waals surface area contributed by atoms with E-state index in [4.69, 9.17) is 15.6 Å². The zero-order valence-corrected chi connectivity index (χ0v) is 20.4. The van der Waals surface area contributed by atoms with Crippen LogP contribution >= 0.6 is 0 Å². The molecule has 9 nitrogen and oxygen atoms in total. The molecule has 30 heavy (non-hydrogen) atoms. The van der Waals surface area contributed by atoms with Crippen molar-refractivity contribution < 1.29 is 30.0 Å². The summed E-state index contributed by atoms with van der Waals surface area (Å²) in [6.07, 6.45) is 2.63. The van der Waals surface area contributed by atoms with E-state index in [1.54, 1.807) is 48.5 Å². The molecule has 0 aromatic carbocycles. The van der Waals surface area contributed by atoms with Crippen LogP contribution < -0.4 is 0 Å². The van der Waals surface area contributed by atoms with Crippen molar-refractivity contribution in [3.05, 3.63) is 0 Å². The number of hydrogen-bond donors (Lipinski definition) is 3. The molecule has 0 rings (SSSR count). The Morgan fingerprint density at radius 3 is 1.17 bits per heavy atom. The van der Waals surface area contributed by atoms with Gasteiger partial charge in [0.05, 0.1) is 0 Å². The van der Waals surface area contributed by atoms with E-state index in [1.807, 2.05) is 13.8 Å². The lowest BCUT2D eigenvalue weighted by Crippen LogP contribution is -2.31. The molecule has 0 atom stereocenters. The van der Waals surface area contributed by atoms with E-state index in [0.717, 1.165) is 34.5 Å². The van der Waals surface area contributed by atoms with Crippen LogP contribution in [0.1, 0.15) is 81.6 Å². The van der Waals surface area contributed by atoms with Crippen molar-refractivity contribution in [1.29, 1.82) is 0 Å². The van der Waals surface area contributed by atoms with Gasteiger partial charge in [-0.15, -0.1) is 0 Å². The Hall–Kier alpha value is -1.71. The molecule has 0 aromatic heterocycles. The molecule has 0 aromatic rings. The minimum absolute atomic E-state index is 0.114. The molecule has 0 aliphatic carbocycles. The highest BCUT2D eigenvalue weighted by Crippen LogP contribution is 2.00. The number of amides is 3. The third-order valence-corrected chi connectivity index (χ3v) is 3.70. The summed E-state index contributed by atoms with van der Waals surface area (Å²) in [6.45, 7) is 17.5. The number of rotatable bonds is 9. The summed E-state index contributed by atoms with van der Waals surface area (Å²) in [5.41, 5.74) is 0. The van der Waals surface area contributed by atoms with E-state index in [1.165, 1.54) is 0 Å². The quantitative estimate of drug-likeness (QED) is 0.374. The van der Waals surface area contributed by atoms with Gasteiger partial charge in [-0.05, 0) is 19.8 Å². The van der Waals surface area contributed by atoms with E-state index in [0.29, 0.717) is 19.6 Å². The SMILES string of the molecule is CCCCN(O)C(=O)C(C)C.CCCN(O)C(=O)C(C)C.CCN(O)C(=O)C(C)C. The van der Waals surface area contributed by atoms with Gasteiger partial charge in [0, 0.05) is 37.4 Å². The minimum atomic E-state index is -0.225. The highest BCUT2D eigenvalue weighted by molar-refractivity contribution is 5.77. The lowest BCUT2D eigenvalue weighted by Gasteiger charge is -2.16. The second-order valence-electron chi connectivity index (χ2n) is 7.79. The van der Waals surface area contributed by atoms with Gasteiger partial charge >= 0.3 is 0 Å². The minimum Gasteiger partial charge on any atom is -0.286 e. The zero-order chi connectivity index (χ0) is 24.4. The molecular weight excluding hydrogens is 390 g/mol. The van der Waals surface area contributed by atoms with E-state index >= 15 is 0 Å². The van der Waals surface area contributed by atoms with Crippen LogP contribution in [0, 0.1) is 17.8 Å². The molecule has 0 saturated carbocycles. The topological polar surface area (TPSA) is 122 Å². The molecule has 0 spiro atoms. The molecule has 3 N–H and O–H groups in total. The van der Waals surface area contributed by atoms with Crippen molar-refractivity contribution in [3.63, 3.8) is 0 Å². The van der Waals surface area contributed by atoms with Crippen molar-refractivity contribution in [3.8, 4) is 0 Å². The van der Waals surface area contributed by atoms with Crippen molar-refractivity contribution in [2.75, 3.05) is 19.6 Å². The predicted molar refractivity (Wildman–Crippen MR) is 116 cm³/mol. The summed E-state index contributed by atoms with van der Waals surface area (Å²) in [7, 11) is 0. The maximum atomic E-state index is 11.0. The number of unbranched alkanes of at least 4 members (excludes halogenated alkanes) is 1. The summed E-state index contributed by atoms with van der Waals surface area (Å²) in [5, 5.41) is 29.2. The summed E-state index contributed by atoms with van der Waals surface area (Å²) in [4.78, 5) is 32.7. The van der Waals surface area contributed by atoms with Gasteiger partial charge in [-0.25, -0.2) is 15.2 Å².